The summed E-state index contributed by atoms with van der Waals surface area (Å²) in [5.41, 5.74) is 0.991. The van der Waals surface area contributed by atoms with Gasteiger partial charge < -0.3 is 10.1 Å². The van der Waals surface area contributed by atoms with Crippen LogP contribution in [0.25, 0.3) is 0 Å². The van der Waals surface area contributed by atoms with Crippen LogP contribution in [-0.2, 0) is 11.8 Å². The molecule has 2 atom stereocenters. The average molecular weight is 288 g/mol. The van der Waals surface area contributed by atoms with E-state index in [1.54, 1.807) is 13.3 Å². The number of ether oxygens (including phenoxy) is 1. The van der Waals surface area contributed by atoms with Crippen LogP contribution in [-0.4, -0.2) is 29.5 Å². The zero-order chi connectivity index (χ0) is 14.6. The predicted molar refractivity (Wildman–Crippen MR) is 79.5 cm³/mol. The monoisotopic (exact) mass is 287 g/mol. The van der Waals surface area contributed by atoms with E-state index in [4.69, 9.17) is 16.3 Å². The summed E-state index contributed by atoms with van der Waals surface area (Å²) in [4.78, 5) is 0. The molecule has 0 saturated heterocycles. The summed E-state index contributed by atoms with van der Waals surface area (Å²) in [6.45, 7) is 9.58. The Labute approximate surface area is 121 Å². The lowest BCUT2D eigenvalue weighted by atomic mass is 9.83. The first-order valence-electron chi connectivity index (χ1n) is 6.76. The molecule has 0 aliphatic heterocycles. The lowest BCUT2D eigenvalue weighted by molar-refractivity contribution is -0.0137. The van der Waals surface area contributed by atoms with Crippen molar-refractivity contribution in [3.05, 3.63) is 16.9 Å². The Hall–Kier alpha value is -0.580. The fraction of sp³-hybridized carbons (Fsp3) is 0.786. The molecule has 0 amide bonds. The van der Waals surface area contributed by atoms with Crippen molar-refractivity contribution in [2.75, 3.05) is 13.7 Å². The SMILES string of the molecule is CCCNC(c1c(Cl)cnn1C)C(OC)C(C)(C)C. The van der Waals surface area contributed by atoms with Crippen molar-refractivity contribution in [2.45, 2.75) is 46.3 Å². The molecule has 110 valence electrons. The van der Waals surface area contributed by atoms with E-state index in [-0.39, 0.29) is 17.6 Å². The van der Waals surface area contributed by atoms with Crippen molar-refractivity contribution >= 4 is 11.6 Å². The van der Waals surface area contributed by atoms with Crippen molar-refractivity contribution in [1.82, 2.24) is 15.1 Å². The Balaban J connectivity index is 3.14. The van der Waals surface area contributed by atoms with Crippen molar-refractivity contribution in [2.24, 2.45) is 12.5 Å². The largest absolute Gasteiger partial charge is 0.379 e. The normalized spacial score (nSPS) is 15.5. The second-order valence-corrected chi connectivity index (χ2v) is 6.36. The van der Waals surface area contributed by atoms with Crippen LogP contribution in [0.4, 0.5) is 0 Å². The molecule has 5 heteroatoms. The van der Waals surface area contributed by atoms with Gasteiger partial charge in [0.05, 0.1) is 29.1 Å². The zero-order valence-corrected chi connectivity index (χ0v) is 13.6. The molecule has 0 aliphatic carbocycles. The topological polar surface area (TPSA) is 39.1 Å². The molecule has 1 rings (SSSR count). The minimum Gasteiger partial charge on any atom is -0.379 e. The van der Waals surface area contributed by atoms with E-state index in [1.807, 2.05) is 11.7 Å². The van der Waals surface area contributed by atoms with Crippen molar-refractivity contribution in [1.29, 1.82) is 0 Å². The summed E-state index contributed by atoms with van der Waals surface area (Å²) in [6, 6.07) is 0.0324. The molecule has 1 N–H and O–H groups in total. The third-order valence-corrected chi connectivity index (χ3v) is 3.55. The summed E-state index contributed by atoms with van der Waals surface area (Å²) < 4.78 is 7.57. The minimum absolute atomic E-state index is 0.00770. The molecule has 0 fully saturated rings. The molecule has 1 heterocycles. The van der Waals surface area contributed by atoms with Gasteiger partial charge in [-0.15, -0.1) is 0 Å². The highest BCUT2D eigenvalue weighted by molar-refractivity contribution is 6.31. The minimum atomic E-state index is 0.00770. The summed E-state index contributed by atoms with van der Waals surface area (Å²) in [5.74, 6) is 0. The fourth-order valence-corrected chi connectivity index (χ4v) is 2.69. The predicted octanol–water partition coefficient (Wildman–Crippen LogP) is 3.18. The third-order valence-electron chi connectivity index (χ3n) is 3.26. The number of nitrogens with zero attached hydrogens (tertiary/aromatic N) is 2. The maximum absolute atomic E-state index is 6.29. The Kier molecular flexibility index (Phi) is 5.83. The molecule has 0 aliphatic rings. The van der Waals surface area contributed by atoms with Crippen molar-refractivity contribution in [3.8, 4) is 0 Å². The van der Waals surface area contributed by atoms with Crippen LogP contribution in [0.1, 0.15) is 45.9 Å². The molecule has 1 aromatic heterocycles. The quantitative estimate of drug-likeness (QED) is 0.873. The van der Waals surface area contributed by atoms with Gasteiger partial charge in [0.15, 0.2) is 0 Å². The molecular weight excluding hydrogens is 262 g/mol. The van der Waals surface area contributed by atoms with Gasteiger partial charge in [-0.2, -0.15) is 5.10 Å². The standard InChI is InChI=1S/C14H26ClN3O/c1-7-8-16-11(13(19-6)14(2,3)4)12-10(15)9-17-18(12)5/h9,11,13,16H,7-8H2,1-6H3. The van der Waals surface area contributed by atoms with Gasteiger partial charge >= 0.3 is 0 Å². The van der Waals surface area contributed by atoms with Gasteiger partial charge in [0.25, 0.3) is 0 Å². The molecule has 1 aromatic rings. The highest BCUT2D eigenvalue weighted by Crippen LogP contribution is 2.35. The lowest BCUT2D eigenvalue weighted by Gasteiger charge is -2.36. The number of aromatic nitrogens is 2. The number of hydrogen-bond donors (Lipinski definition) is 1. The summed E-state index contributed by atoms with van der Waals surface area (Å²) in [5, 5.41) is 8.46. The van der Waals surface area contributed by atoms with Crippen LogP contribution in [0.5, 0.6) is 0 Å². The smallest absolute Gasteiger partial charge is 0.0835 e. The molecule has 0 spiro atoms. The number of hydrogen-bond acceptors (Lipinski definition) is 3. The van der Waals surface area contributed by atoms with Crippen LogP contribution in [0.2, 0.25) is 5.02 Å². The van der Waals surface area contributed by atoms with Gasteiger partial charge in [-0.25, -0.2) is 0 Å². The Morgan fingerprint density at radius 2 is 2.11 bits per heavy atom. The summed E-state index contributed by atoms with van der Waals surface area (Å²) in [6.07, 6.45) is 2.77. The Morgan fingerprint density at radius 3 is 2.47 bits per heavy atom. The van der Waals surface area contributed by atoms with Gasteiger partial charge in [-0.1, -0.05) is 39.3 Å². The molecular formula is C14H26ClN3O. The molecule has 19 heavy (non-hydrogen) atoms. The van der Waals surface area contributed by atoms with E-state index in [0.29, 0.717) is 5.02 Å². The highest BCUT2D eigenvalue weighted by Gasteiger charge is 2.35. The van der Waals surface area contributed by atoms with Crippen LogP contribution >= 0.6 is 11.6 Å². The number of rotatable bonds is 6. The first kappa shape index (κ1) is 16.5. The van der Waals surface area contributed by atoms with Gasteiger partial charge in [-0.3, -0.25) is 4.68 Å². The first-order valence-corrected chi connectivity index (χ1v) is 7.14. The zero-order valence-electron chi connectivity index (χ0n) is 12.8. The summed E-state index contributed by atoms with van der Waals surface area (Å²) in [7, 11) is 3.66. The van der Waals surface area contributed by atoms with Crippen LogP contribution < -0.4 is 5.32 Å². The number of halogens is 1. The molecule has 0 radical (unpaired) electrons. The number of methoxy groups -OCH3 is 1. The average Bonchev–Trinajstić information content (AvgIpc) is 2.63. The lowest BCUT2D eigenvalue weighted by Crippen LogP contribution is -2.42. The number of aryl methyl sites for hydroxylation is 1. The maximum atomic E-state index is 6.29. The van der Waals surface area contributed by atoms with Gasteiger partial charge in [0.2, 0.25) is 0 Å². The summed E-state index contributed by atoms with van der Waals surface area (Å²) >= 11 is 6.29. The van der Waals surface area contributed by atoms with E-state index in [2.05, 4.69) is 38.1 Å². The van der Waals surface area contributed by atoms with Crippen LogP contribution in [0, 0.1) is 5.41 Å². The van der Waals surface area contributed by atoms with E-state index in [0.717, 1.165) is 18.7 Å². The van der Waals surface area contributed by atoms with Gasteiger partial charge in [0, 0.05) is 14.2 Å². The maximum Gasteiger partial charge on any atom is 0.0835 e. The molecule has 2 unspecified atom stereocenters. The molecule has 0 saturated carbocycles. The second kappa shape index (κ2) is 6.73. The van der Waals surface area contributed by atoms with Crippen molar-refractivity contribution in [3.63, 3.8) is 0 Å². The van der Waals surface area contributed by atoms with Crippen molar-refractivity contribution < 1.29 is 4.74 Å². The van der Waals surface area contributed by atoms with Gasteiger partial charge in [-0.05, 0) is 18.4 Å². The molecule has 0 bridgehead atoms. The van der Waals surface area contributed by atoms with E-state index >= 15 is 0 Å². The van der Waals surface area contributed by atoms with E-state index in [9.17, 15) is 0 Å². The van der Waals surface area contributed by atoms with Crippen LogP contribution in [0.3, 0.4) is 0 Å². The number of nitrogens with one attached hydrogen (secondary N) is 1. The molecule has 4 nitrogen and oxygen atoms in total. The highest BCUT2D eigenvalue weighted by atomic mass is 35.5. The van der Waals surface area contributed by atoms with E-state index < -0.39 is 0 Å². The first-order chi connectivity index (χ1) is 8.82. The van der Waals surface area contributed by atoms with Crippen LogP contribution in [0.15, 0.2) is 6.20 Å². The Bertz CT molecular complexity index is 378. The molecule has 0 aromatic carbocycles. The fourth-order valence-electron chi connectivity index (χ4n) is 2.41. The Morgan fingerprint density at radius 1 is 1.47 bits per heavy atom. The third kappa shape index (κ3) is 3.94. The van der Waals surface area contributed by atoms with Gasteiger partial charge in [0.1, 0.15) is 0 Å². The second-order valence-electron chi connectivity index (χ2n) is 5.96. The van der Waals surface area contributed by atoms with E-state index in [1.165, 1.54) is 0 Å².